The van der Waals surface area contributed by atoms with Crippen molar-refractivity contribution < 1.29 is 14.3 Å². The van der Waals surface area contributed by atoms with Crippen LogP contribution in [0.5, 0.6) is 11.5 Å². The molecule has 0 saturated heterocycles. The minimum atomic E-state index is -0.292. The van der Waals surface area contributed by atoms with Gasteiger partial charge in [-0.25, -0.2) is 5.43 Å². The van der Waals surface area contributed by atoms with Crippen molar-refractivity contribution in [2.24, 2.45) is 5.10 Å². The first-order valence-electron chi connectivity index (χ1n) is 9.59. The topological polar surface area (TPSA) is 59.9 Å². The molecular formula is C25H24N2O3. The van der Waals surface area contributed by atoms with Gasteiger partial charge >= 0.3 is 0 Å². The molecule has 0 bridgehead atoms. The summed E-state index contributed by atoms with van der Waals surface area (Å²) in [6.45, 7) is 6.59. The van der Waals surface area contributed by atoms with Crippen LogP contribution in [-0.2, 0) is 6.61 Å². The summed E-state index contributed by atoms with van der Waals surface area (Å²) < 4.78 is 11.2. The highest BCUT2D eigenvalue weighted by atomic mass is 16.5. The molecule has 3 aromatic carbocycles. The number of nitrogens with zero attached hydrogens (tertiary/aromatic N) is 1. The van der Waals surface area contributed by atoms with E-state index in [9.17, 15) is 4.79 Å². The third-order valence-corrected chi connectivity index (χ3v) is 4.27. The van der Waals surface area contributed by atoms with E-state index in [1.54, 1.807) is 36.6 Å². The molecule has 5 nitrogen and oxygen atoms in total. The minimum Gasteiger partial charge on any atom is -0.490 e. The standard InChI is InChI=1S/C25H24N2O3/c1-3-16-29-23-14-10-22(11-15-23)25(28)27-26-17-20-8-12-24(13-9-20)30-18-21-6-4-19(2)5-7-21/h3-15,17H,1,16,18H2,2H3,(H,27,28)/b26-17-. The van der Waals surface area contributed by atoms with E-state index in [1.165, 1.54) is 5.56 Å². The van der Waals surface area contributed by atoms with Gasteiger partial charge in [0.05, 0.1) is 6.21 Å². The van der Waals surface area contributed by atoms with Crippen LogP contribution in [0, 0.1) is 6.92 Å². The average Bonchev–Trinajstić information content (AvgIpc) is 2.78. The van der Waals surface area contributed by atoms with Crippen LogP contribution < -0.4 is 14.9 Å². The summed E-state index contributed by atoms with van der Waals surface area (Å²) >= 11 is 0. The fourth-order valence-corrected chi connectivity index (χ4v) is 2.59. The van der Waals surface area contributed by atoms with Crippen molar-refractivity contribution in [3.8, 4) is 11.5 Å². The smallest absolute Gasteiger partial charge is 0.271 e. The van der Waals surface area contributed by atoms with E-state index in [0.29, 0.717) is 24.5 Å². The highest BCUT2D eigenvalue weighted by Crippen LogP contribution is 2.14. The molecule has 30 heavy (non-hydrogen) atoms. The quantitative estimate of drug-likeness (QED) is 0.316. The molecule has 1 N–H and O–H groups in total. The van der Waals surface area contributed by atoms with Crippen LogP contribution in [-0.4, -0.2) is 18.7 Å². The molecule has 152 valence electrons. The molecule has 0 aliphatic carbocycles. The summed E-state index contributed by atoms with van der Waals surface area (Å²) in [6.07, 6.45) is 3.25. The molecule has 0 unspecified atom stereocenters. The summed E-state index contributed by atoms with van der Waals surface area (Å²) in [5.74, 6) is 1.16. The molecule has 1 amide bonds. The van der Waals surface area contributed by atoms with Gasteiger partial charge in [0.15, 0.2) is 0 Å². The van der Waals surface area contributed by atoms with E-state index in [-0.39, 0.29) is 5.91 Å². The molecule has 5 heteroatoms. The maximum Gasteiger partial charge on any atom is 0.271 e. The Kier molecular flexibility index (Phi) is 7.39. The number of hydrazone groups is 1. The number of rotatable bonds is 9. The fraction of sp³-hybridized carbons (Fsp3) is 0.120. The Hall–Kier alpha value is -3.86. The number of carbonyl (C=O) groups is 1. The molecule has 0 saturated carbocycles. The lowest BCUT2D eigenvalue weighted by molar-refractivity contribution is 0.0955. The van der Waals surface area contributed by atoms with Gasteiger partial charge in [-0.3, -0.25) is 4.79 Å². The van der Waals surface area contributed by atoms with Crippen LogP contribution in [0.2, 0.25) is 0 Å². The normalized spacial score (nSPS) is 10.6. The second-order valence-electron chi connectivity index (χ2n) is 6.67. The first-order valence-corrected chi connectivity index (χ1v) is 9.59. The predicted octanol–water partition coefficient (Wildman–Crippen LogP) is 4.90. The largest absolute Gasteiger partial charge is 0.490 e. The SMILES string of the molecule is C=CCOc1ccc(C(=O)N/N=C\c2ccc(OCc3ccc(C)cc3)cc2)cc1. The van der Waals surface area contributed by atoms with Crippen LogP contribution in [0.15, 0.2) is 90.6 Å². The van der Waals surface area contributed by atoms with Gasteiger partial charge in [-0.2, -0.15) is 5.10 Å². The van der Waals surface area contributed by atoms with Crippen molar-refractivity contribution in [1.29, 1.82) is 0 Å². The highest BCUT2D eigenvalue weighted by molar-refractivity contribution is 5.95. The lowest BCUT2D eigenvalue weighted by atomic mass is 10.2. The van der Waals surface area contributed by atoms with Gasteiger partial charge in [0.2, 0.25) is 0 Å². The maximum absolute atomic E-state index is 12.2. The summed E-state index contributed by atoms with van der Waals surface area (Å²) in [4.78, 5) is 12.2. The Bertz CT molecular complexity index is 992. The first kappa shape index (κ1) is 20.9. The zero-order valence-electron chi connectivity index (χ0n) is 16.9. The van der Waals surface area contributed by atoms with Gasteiger partial charge in [-0.15, -0.1) is 0 Å². The van der Waals surface area contributed by atoms with Gasteiger partial charge < -0.3 is 9.47 Å². The number of aryl methyl sites for hydroxylation is 1. The van der Waals surface area contributed by atoms with Crippen molar-refractivity contribution in [2.75, 3.05) is 6.61 Å². The molecule has 0 heterocycles. The van der Waals surface area contributed by atoms with Crippen LogP contribution in [0.25, 0.3) is 0 Å². The minimum absolute atomic E-state index is 0.292. The zero-order chi connectivity index (χ0) is 21.2. The Morgan fingerprint density at radius 3 is 2.23 bits per heavy atom. The summed E-state index contributed by atoms with van der Waals surface area (Å²) in [7, 11) is 0. The van der Waals surface area contributed by atoms with E-state index in [1.807, 2.05) is 24.3 Å². The molecule has 0 spiro atoms. The molecule has 0 atom stereocenters. The van der Waals surface area contributed by atoms with Crippen molar-refractivity contribution >= 4 is 12.1 Å². The second-order valence-corrected chi connectivity index (χ2v) is 6.67. The second kappa shape index (κ2) is 10.6. The van der Waals surface area contributed by atoms with E-state index in [2.05, 4.69) is 48.3 Å². The third kappa shape index (κ3) is 6.34. The number of benzene rings is 3. The monoisotopic (exact) mass is 400 g/mol. The molecular weight excluding hydrogens is 376 g/mol. The van der Waals surface area contributed by atoms with E-state index >= 15 is 0 Å². The van der Waals surface area contributed by atoms with Crippen LogP contribution >= 0.6 is 0 Å². The van der Waals surface area contributed by atoms with Crippen LogP contribution in [0.4, 0.5) is 0 Å². The Balaban J connectivity index is 1.48. The lowest BCUT2D eigenvalue weighted by Gasteiger charge is -2.07. The third-order valence-electron chi connectivity index (χ3n) is 4.27. The number of amides is 1. The van der Waals surface area contributed by atoms with Crippen molar-refractivity contribution in [1.82, 2.24) is 5.43 Å². The number of ether oxygens (including phenoxy) is 2. The Morgan fingerprint density at radius 2 is 1.57 bits per heavy atom. The highest BCUT2D eigenvalue weighted by Gasteiger charge is 2.04. The van der Waals surface area contributed by atoms with Gasteiger partial charge in [-0.1, -0.05) is 42.5 Å². The van der Waals surface area contributed by atoms with Gasteiger partial charge in [-0.05, 0) is 66.6 Å². The molecule has 0 radical (unpaired) electrons. The zero-order valence-corrected chi connectivity index (χ0v) is 16.9. The first-order chi connectivity index (χ1) is 14.6. The van der Waals surface area contributed by atoms with Gasteiger partial charge in [0.1, 0.15) is 24.7 Å². The molecule has 0 aliphatic heterocycles. The van der Waals surface area contributed by atoms with Crippen LogP contribution in [0.1, 0.15) is 27.0 Å². The summed E-state index contributed by atoms with van der Waals surface area (Å²) in [5.41, 5.74) is 6.21. The van der Waals surface area contributed by atoms with Crippen molar-refractivity contribution in [2.45, 2.75) is 13.5 Å². The van der Waals surface area contributed by atoms with Crippen molar-refractivity contribution in [3.05, 3.63) is 108 Å². The van der Waals surface area contributed by atoms with Crippen LogP contribution in [0.3, 0.4) is 0 Å². The van der Waals surface area contributed by atoms with Gasteiger partial charge in [0.25, 0.3) is 5.91 Å². The summed E-state index contributed by atoms with van der Waals surface area (Å²) in [5, 5.41) is 4.01. The Morgan fingerprint density at radius 1 is 0.933 bits per heavy atom. The average molecular weight is 400 g/mol. The Labute approximate surface area is 176 Å². The van der Waals surface area contributed by atoms with E-state index < -0.39 is 0 Å². The van der Waals surface area contributed by atoms with Gasteiger partial charge in [0, 0.05) is 5.56 Å². The molecule has 3 aromatic rings. The molecule has 3 rings (SSSR count). The lowest BCUT2D eigenvalue weighted by Crippen LogP contribution is -2.17. The number of hydrogen-bond acceptors (Lipinski definition) is 4. The van der Waals surface area contributed by atoms with E-state index in [0.717, 1.165) is 16.9 Å². The molecule has 0 fully saturated rings. The van der Waals surface area contributed by atoms with E-state index in [4.69, 9.17) is 9.47 Å². The predicted molar refractivity (Wildman–Crippen MR) is 119 cm³/mol. The van der Waals surface area contributed by atoms with Crippen molar-refractivity contribution in [3.63, 3.8) is 0 Å². The fourth-order valence-electron chi connectivity index (χ4n) is 2.59. The number of nitrogens with one attached hydrogen (secondary N) is 1. The molecule has 0 aromatic heterocycles. The number of carbonyl (C=O) groups excluding carboxylic acids is 1. The summed E-state index contributed by atoms with van der Waals surface area (Å²) in [6, 6.07) is 22.6. The molecule has 0 aliphatic rings. The maximum atomic E-state index is 12.2. The number of hydrogen-bond donors (Lipinski definition) is 1.